The van der Waals surface area contributed by atoms with Crippen LogP contribution >= 0.6 is 0 Å². The molecule has 8 heteroatoms. The van der Waals surface area contributed by atoms with Gasteiger partial charge in [-0.2, -0.15) is 0 Å². The van der Waals surface area contributed by atoms with Gasteiger partial charge in [0.05, 0.1) is 5.71 Å². The highest BCUT2D eigenvalue weighted by molar-refractivity contribution is 8.04. The lowest BCUT2D eigenvalue weighted by Gasteiger charge is -2.19. The fraction of sp³-hybridized carbons (Fsp3) is 0.600. The zero-order chi connectivity index (χ0) is 9.47. The van der Waals surface area contributed by atoms with E-state index in [9.17, 15) is 8.42 Å². The maximum Gasteiger partial charge on any atom is 0.273 e. The van der Waals surface area contributed by atoms with Crippen molar-refractivity contribution in [1.29, 1.82) is 0 Å². The Kier molecular flexibility index (Phi) is 1.91. The van der Waals surface area contributed by atoms with Crippen LogP contribution in [0.5, 0.6) is 0 Å². The van der Waals surface area contributed by atoms with Gasteiger partial charge in [-0.05, 0) is 0 Å². The van der Waals surface area contributed by atoms with Crippen molar-refractivity contribution in [3.8, 4) is 0 Å². The number of rotatable bonds is 0. The van der Waals surface area contributed by atoms with E-state index in [0.29, 0.717) is 18.9 Å². The topological polar surface area (TPSA) is 109 Å². The molecule has 1 unspecified atom stereocenters. The van der Waals surface area contributed by atoms with Crippen molar-refractivity contribution in [2.24, 2.45) is 15.1 Å². The lowest BCUT2D eigenvalue weighted by molar-refractivity contribution is 0.546. The zero-order valence-corrected chi connectivity index (χ0v) is 7.50. The van der Waals surface area contributed by atoms with Crippen LogP contribution in [0.2, 0.25) is 0 Å². The Balaban J connectivity index is 2.31. The molecular formula is C5H9N5O2S. The smallest absolute Gasteiger partial charge is 0.273 e. The second kappa shape index (κ2) is 2.84. The van der Waals surface area contributed by atoms with E-state index >= 15 is 0 Å². The fourth-order valence-electron chi connectivity index (χ4n) is 1.19. The minimum absolute atomic E-state index is 0.288. The molecule has 72 valence electrons. The van der Waals surface area contributed by atoms with Gasteiger partial charge in [0.25, 0.3) is 15.2 Å². The van der Waals surface area contributed by atoms with Gasteiger partial charge in [-0.15, -0.1) is 0 Å². The van der Waals surface area contributed by atoms with E-state index in [4.69, 9.17) is 5.14 Å². The normalized spacial score (nSPS) is 27.9. The van der Waals surface area contributed by atoms with Crippen LogP contribution in [0, 0.1) is 0 Å². The Morgan fingerprint density at radius 2 is 2.31 bits per heavy atom. The van der Waals surface area contributed by atoms with Gasteiger partial charge in [-0.3, -0.25) is 10.6 Å². The van der Waals surface area contributed by atoms with Crippen LogP contribution in [-0.2, 0) is 10.0 Å². The predicted molar refractivity (Wildman–Crippen MR) is 47.8 cm³/mol. The van der Waals surface area contributed by atoms with Gasteiger partial charge >= 0.3 is 0 Å². The van der Waals surface area contributed by atoms with Gasteiger partial charge in [-0.25, -0.2) is 23.5 Å². The van der Waals surface area contributed by atoms with Crippen molar-refractivity contribution in [2.45, 2.75) is 6.17 Å². The number of nitrogens with two attached hydrogens (primary N) is 1. The lowest BCUT2D eigenvalue weighted by atomic mass is 10.3. The largest absolute Gasteiger partial charge is 0.299 e. The van der Waals surface area contributed by atoms with E-state index in [-0.39, 0.29) is 11.3 Å². The van der Waals surface area contributed by atoms with Gasteiger partial charge in [0.15, 0.2) is 0 Å². The third-order valence-corrected chi connectivity index (χ3v) is 2.48. The Morgan fingerprint density at radius 1 is 1.54 bits per heavy atom. The van der Waals surface area contributed by atoms with Gasteiger partial charge in [0, 0.05) is 13.2 Å². The summed E-state index contributed by atoms with van der Waals surface area (Å²) in [6, 6.07) is 0. The Labute approximate surface area is 75.2 Å². The molecular weight excluding hydrogens is 194 g/mol. The van der Waals surface area contributed by atoms with Crippen LogP contribution in [0.3, 0.4) is 0 Å². The molecule has 7 nitrogen and oxygen atoms in total. The molecule has 0 bridgehead atoms. The highest BCUT2D eigenvalue weighted by Gasteiger charge is 2.29. The number of fused-ring (bicyclic) bond motifs is 1. The van der Waals surface area contributed by atoms with Crippen LogP contribution < -0.4 is 15.8 Å². The van der Waals surface area contributed by atoms with Gasteiger partial charge in [0.2, 0.25) is 0 Å². The number of nitrogens with one attached hydrogen (secondary N) is 2. The van der Waals surface area contributed by atoms with Crippen molar-refractivity contribution < 1.29 is 8.42 Å². The van der Waals surface area contributed by atoms with E-state index in [1.54, 1.807) is 0 Å². The summed E-state index contributed by atoms with van der Waals surface area (Å²) in [4.78, 5) is 7.64. The van der Waals surface area contributed by atoms with E-state index in [0.717, 1.165) is 0 Å². The molecule has 0 saturated carbocycles. The van der Waals surface area contributed by atoms with Crippen molar-refractivity contribution >= 4 is 20.9 Å². The number of aliphatic imine (C=N–C) groups is 2. The van der Waals surface area contributed by atoms with Crippen molar-refractivity contribution in [3.63, 3.8) is 0 Å². The minimum Gasteiger partial charge on any atom is -0.299 e. The summed E-state index contributed by atoms with van der Waals surface area (Å²) in [6.45, 7) is 1.13. The Hall–Kier alpha value is -0.830. The van der Waals surface area contributed by atoms with Crippen LogP contribution in [0.1, 0.15) is 0 Å². The van der Waals surface area contributed by atoms with Gasteiger partial charge in [-0.1, -0.05) is 0 Å². The summed E-state index contributed by atoms with van der Waals surface area (Å²) in [7, 11) is -3.77. The summed E-state index contributed by atoms with van der Waals surface area (Å²) < 4.78 is 21.7. The molecule has 0 aromatic rings. The molecule has 4 N–H and O–H groups in total. The highest BCUT2D eigenvalue weighted by Crippen LogP contribution is 2.07. The third-order valence-electron chi connectivity index (χ3n) is 1.78. The molecule has 1 saturated heterocycles. The van der Waals surface area contributed by atoms with Gasteiger partial charge in [0.1, 0.15) is 6.17 Å². The molecule has 2 rings (SSSR count). The van der Waals surface area contributed by atoms with Crippen LogP contribution in [-0.4, -0.2) is 38.7 Å². The summed E-state index contributed by atoms with van der Waals surface area (Å²) in [6.07, 6.45) is -0.324. The second-order valence-electron chi connectivity index (χ2n) is 2.77. The summed E-state index contributed by atoms with van der Waals surface area (Å²) in [5.41, 5.74) is 0.662. The number of sulfonamides is 1. The molecule has 0 aliphatic carbocycles. The average Bonchev–Trinajstić information content (AvgIpc) is 2.45. The van der Waals surface area contributed by atoms with E-state index in [2.05, 4.69) is 20.6 Å². The number of hydrogen-bond acceptors (Lipinski definition) is 6. The summed E-state index contributed by atoms with van der Waals surface area (Å²) in [5, 5.41) is 10.5. The molecule has 13 heavy (non-hydrogen) atoms. The quantitative estimate of drug-likeness (QED) is 0.406. The summed E-state index contributed by atoms with van der Waals surface area (Å²) >= 11 is 0. The molecule has 0 aromatic heterocycles. The third kappa shape index (κ3) is 1.61. The molecule has 1 fully saturated rings. The van der Waals surface area contributed by atoms with Gasteiger partial charge < -0.3 is 0 Å². The van der Waals surface area contributed by atoms with Crippen molar-refractivity contribution in [3.05, 3.63) is 0 Å². The number of amidine groups is 1. The van der Waals surface area contributed by atoms with E-state index in [1.165, 1.54) is 0 Å². The molecule has 1 atom stereocenters. The van der Waals surface area contributed by atoms with Crippen LogP contribution in [0.4, 0.5) is 0 Å². The molecule has 0 aromatic carbocycles. The zero-order valence-electron chi connectivity index (χ0n) is 6.69. The van der Waals surface area contributed by atoms with E-state index in [1.807, 2.05) is 0 Å². The average molecular weight is 203 g/mol. The standard InChI is InChI=1S/C5H9N5O2S/c6-13(11,12)5-9-3-1-7-2-8-4(3)10-5/h4,7-8H,1-2H2,(H2,6,11,12). The van der Waals surface area contributed by atoms with Crippen molar-refractivity contribution in [2.75, 3.05) is 13.2 Å². The Morgan fingerprint density at radius 3 is 2.92 bits per heavy atom. The number of nitrogens with zero attached hydrogens (tertiary/aromatic N) is 2. The first-order valence-corrected chi connectivity index (χ1v) is 5.24. The SMILES string of the molecule is NS(=O)(=O)C1=NC2NCNCC2=N1. The number of hydrogen-bond donors (Lipinski definition) is 3. The molecule has 0 radical (unpaired) electrons. The molecule has 0 spiro atoms. The maximum absolute atomic E-state index is 10.9. The molecule has 2 aliphatic heterocycles. The second-order valence-corrected chi connectivity index (χ2v) is 4.23. The van der Waals surface area contributed by atoms with E-state index < -0.39 is 10.0 Å². The number of primary sulfonamides is 1. The first-order chi connectivity index (χ1) is 6.07. The lowest BCUT2D eigenvalue weighted by Crippen LogP contribution is -2.49. The van der Waals surface area contributed by atoms with Crippen LogP contribution in [0.15, 0.2) is 9.98 Å². The highest BCUT2D eigenvalue weighted by atomic mass is 32.2. The molecule has 2 heterocycles. The first kappa shape index (κ1) is 8.75. The first-order valence-electron chi connectivity index (χ1n) is 3.69. The minimum atomic E-state index is -3.77. The Bertz CT molecular complexity index is 384. The maximum atomic E-state index is 10.9. The summed E-state index contributed by atoms with van der Waals surface area (Å²) in [5.74, 6) is 0. The predicted octanol–water partition coefficient (Wildman–Crippen LogP) is -2.44. The monoisotopic (exact) mass is 203 g/mol. The molecule has 2 aliphatic rings. The van der Waals surface area contributed by atoms with Crippen molar-refractivity contribution in [1.82, 2.24) is 10.6 Å². The molecule has 0 amide bonds. The fourth-order valence-corrected chi connectivity index (χ4v) is 1.69. The van der Waals surface area contributed by atoms with Crippen LogP contribution in [0.25, 0.3) is 0 Å².